The van der Waals surface area contributed by atoms with Gasteiger partial charge in [-0.3, -0.25) is 9.59 Å². The van der Waals surface area contributed by atoms with E-state index in [0.717, 1.165) is 5.56 Å². The van der Waals surface area contributed by atoms with Gasteiger partial charge in [0.15, 0.2) is 0 Å². The van der Waals surface area contributed by atoms with Crippen LogP contribution in [0.2, 0.25) is 0 Å². The maximum absolute atomic E-state index is 12.3. The average Bonchev–Trinajstić information content (AvgIpc) is 3.23. The monoisotopic (exact) mass is 372 g/mol. The lowest BCUT2D eigenvalue weighted by atomic mass is 9.87. The number of thioether (sulfide) groups is 1. The van der Waals surface area contributed by atoms with E-state index in [0.29, 0.717) is 18.1 Å². The van der Waals surface area contributed by atoms with E-state index in [-0.39, 0.29) is 29.1 Å². The molecule has 1 aliphatic heterocycles. The highest BCUT2D eigenvalue weighted by molar-refractivity contribution is 8.00. The molecule has 1 N–H and O–H groups in total. The van der Waals surface area contributed by atoms with Gasteiger partial charge < -0.3 is 14.6 Å². The summed E-state index contributed by atoms with van der Waals surface area (Å²) in [5.41, 5.74) is 2.38. The van der Waals surface area contributed by atoms with Crippen molar-refractivity contribution < 1.29 is 14.0 Å². The van der Waals surface area contributed by atoms with E-state index in [1.165, 1.54) is 5.56 Å². The predicted molar refractivity (Wildman–Crippen MR) is 103 cm³/mol. The third-order valence-corrected chi connectivity index (χ3v) is 5.64. The first kappa shape index (κ1) is 18.6. The standard InChI is InChI=1S/C20H24N2O3S/c1-20(2,3)15-8-6-14(7-9-15)19-22(18(24)13-26-19)12-17(23)21-11-16-5-4-10-25-16/h4-10,19H,11-13H2,1-3H3,(H,21,23). The second-order valence-electron chi connectivity index (χ2n) is 7.41. The van der Waals surface area contributed by atoms with Gasteiger partial charge in [-0.2, -0.15) is 0 Å². The molecular formula is C20H24N2O3S. The molecular weight excluding hydrogens is 348 g/mol. The number of carbonyl (C=O) groups excluding carboxylic acids is 2. The summed E-state index contributed by atoms with van der Waals surface area (Å²) < 4.78 is 5.20. The van der Waals surface area contributed by atoms with Crippen LogP contribution in [-0.2, 0) is 21.5 Å². The van der Waals surface area contributed by atoms with Crippen molar-refractivity contribution in [1.82, 2.24) is 10.2 Å². The van der Waals surface area contributed by atoms with Crippen LogP contribution in [0.15, 0.2) is 47.1 Å². The molecule has 0 aliphatic carbocycles. The Balaban J connectivity index is 1.65. The lowest BCUT2D eigenvalue weighted by molar-refractivity contribution is -0.133. The molecule has 0 radical (unpaired) electrons. The van der Waals surface area contributed by atoms with Gasteiger partial charge in [-0.25, -0.2) is 0 Å². The summed E-state index contributed by atoms with van der Waals surface area (Å²) in [6.07, 6.45) is 1.57. The normalized spacial score (nSPS) is 17.6. The molecule has 1 unspecified atom stereocenters. The van der Waals surface area contributed by atoms with Crippen LogP contribution < -0.4 is 5.32 Å². The maximum atomic E-state index is 12.3. The molecule has 138 valence electrons. The molecule has 1 fully saturated rings. The van der Waals surface area contributed by atoms with Crippen molar-refractivity contribution in [2.75, 3.05) is 12.3 Å². The molecule has 1 aliphatic rings. The molecule has 2 heterocycles. The summed E-state index contributed by atoms with van der Waals surface area (Å²) in [6, 6.07) is 11.9. The number of carbonyl (C=O) groups is 2. The molecule has 0 saturated carbocycles. The van der Waals surface area contributed by atoms with E-state index < -0.39 is 0 Å². The molecule has 26 heavy (non-hydrogen) atoms. The lowest BCUT2D eigenvalue weighted by Gasteiger charge is -2.25. The zero-order valence-corrected chi connectivity index (χ0v) is 16.1. The van der Waals surface area contributed by atoms with Gasteiger partial charge >= 0.3 is 0 Å². The van der Waals surface area contributed by atoms with Crippen LogP contribution in [0.3, 0.4) is 0 Å². The molecule has 0 bridgehead atoms. The zero-order chi connectivity index (χ0) is 18.7. The van der Waals surface area contributed by atoms with Crippen LogP contribution in [0.4, 0.5) is 0 Å². The topological polar surface area (TPSA) is 62.6 Å². The van der Waals surface area contributed by atoms with E-state index in [2.05, 4.69) is 50.4 Å². The van der Waals surface area contributed by atoms with E-state index in [1.807, 2.05) is 0 Å². The summed E-state index contributed by atoms with van der Waals surface area (Å²) in [7, 11) is 0. The molecule has 2 amide bonds. The van der Waals surface area contributed by atoms with Crippen molar-refractivity contribution in [3.05, 3.63) is 59.5 Å². The molecule has 5 nitrogen and oxygen atoms in total. The van der Waals surface area contributed by atoms with Gasteiger partial charge in [0, 0.05) is 0 Å². The predicted octanol–water partition coefficient (Wildman–Crippen LogP) is 3.47. The fourth-order valence-corrected chi connectivity index (χ4v) is 4.05. The van der Waals surface area contributed by atoms with Gasteiger partial charge in [0.1, 0.15) is 17.7 Å². The summed E-state index contributed by atoms with van der Waals surface area (Å²) in [5.74, 6) is 0.897. The van der Waals surface area contributed by atoms with Crippen LogP contribution in [0, 0.1) is 0 Å². The first-order valence-electron chi connectivity index (χ1n) is 8.65. The smallest absolute Gasteiger partial charge is 0.240 e. The van der Waals surface area contributed by atoms with Gasteiger partial charge in [0.25, 0.3) is 0 Å². The van der Waals surface area contributed by atoms with Crippen molar-refractivity contribution in [3.63, 3.8) is 0 Å². The van der Waals surface area contributed by atoms with Crippen LogP contribution in [0.25, 0.3) is 0 Å². The Morgan fingerprint density at radius 1 is 1.27 bits per heavy atom. The minimum absolute atomic E-state index is 0.00644. The Hall–Kier alpha value is -2.21. The molecule has 3 rings (SSSR count). The summed E-state index contributed by atoms with van der Waals surface area (Å²) in [6.45, 7) is 6.90. The molecule has 1 aromatic carbocycles. The first-order valence-corrected chi connectivity index (χ1v) is 9.70. The number of nitrogens with zero attached hydrogens (tertiary/aromatic N) is 1. The second-order valence-corrected chi connectivity index (χ2v) is 8.48. The SMILES string of the molecule is CC(C)(C)c1ccc(C2SCC(=O)N2CC(=O)NCc2ccco2)cc1. The van der Waals surface area contributed by atoms with Gasteiger partial charge in [0.05, 0.1) is 18.6 Å². The minimum atomic E-state index is -0.187. The van der Waals surface area contributed by atoms with E-state index in [1.54, 1.807) is 35.1 Å². The molecule has 1 aromatic heterocycles. The maximum Gasteiger partial charge on any atom is 0.240 e. The molecule has 1 saturated heterocycles. The number of rotatable bonds is 5. The van der Waals surface area contributed by atoms with E-state index >= 15 is 0 Å². The highest BCUT2D eigenvalue weighted by atomic mass is 32.2. The molecule has 2 aromatic rings. The molecule has 1 atom stereocenters. The summed E-state index contributed by atoms with van der Waals surface area (Å²) >= 11 is 1.56. The third-order valence-electron chi connectivity index (χ3n) is 4.38. The highest BCUT2D eigenvalue weighted by Gasteiger charge is 2.34. The Kier molecular flexibility index (Phi) is 5.41. The van der Waals surface area contributed by atoms with Crippen LogP contribution in [-0.4, -0.2) is 29.0 Å². The summed E-state index contributed by atoms with van der Waals surface area (Å²) in [5, 5.41) is 2.68. The van der Waals surface area contributed by atoms with Crippen molar-refractivity contribution in [2.45, 2.75) is 38.1 Å². The fourth-order valence-electron chi connectivity index (χ4n) is 2.86. The van der Waals surface area contributed by atoms with Crippen molar-refractivity contribution in [2.24, 2.45) is 0 Å². The Morgan fingerprint density at radius 2 is 2.00 bits per heavy atom. The number of furan rings is 1. The third kappa shape index (κ3) is 4.30. The number of hydrogen-bond donors (Lipinski definition) is 1. The lowest BCUT2D eigenvalue weighted by Crippen LogP contribution is -2.39. The number of hydrogen-bond acceptors (Lipinski definition) is 4. The Labute approximate surface area is 158 Å². The van der Waals surface area contributed by atoms with Crippen molar-refractivity contribution in [1.29, 1.82) is 0 Å². The number of nitrogens with one attached hydrogen (secondary N) is 1. The average molecular weight is 372 g/mol. The fraction of sp³-hybridized carbons (Fsp3) is 0.400. The highest BCUT2D eigenvalue weighted by Crippen LogP contribution is 2.38. The van der Waals surface area contributed by atoms with Gasteiger partial charge in [0.2, 0.25) is 11.8 Å². The van der Waals surface area contributed by atoms with Crippen molar-refractivity contribution in [3.8, 4) is 0 Å². The van der Waals surface area contributed by atoms with E-state index in [9.17, 15) is 9.59 Å². The Morgan fingerprint density at radius 3 is 2.62 bits per heavy atom. The largest absolute Gasteiger partial charge is 0.467 e. The van der Waals surface area contributed by atoms with Gasteiger partial charge in [-0.15, -0.1) is 11.8 Å². The van der Waals surface area contributed by atoms with Crippen LogP contribution in [0.5, 0.6) is 0 Å². The second kappa shape index (κ2) is 7.58. The molecule has 0 spiro atoms. The van der Waals surface area contributed by atoms with Crippen LogP contribution >= 0.6 is 11.8 Å². The minimum Gasteiger partial charge on any atom is -0.467 e. The Bertz CT molecular complexity index is 763. The quantitative estimate of drug-likeness (QED) is 0.873. The van der Waals surface area contributed by atoms with Crippen LogP contribution in [0.1, 0.15) is 43.0 Å². The number of amides is 2. The summed E-state index contributed by atoms with van der Waals surface area (Å²) in [4.78, 5) is 26.2. The van der Waals surface area contributed by atoms with Gasteiger partial charge in [-0.05, 0) is 28.7 Å². The first-order chi connectivity index (χ1) is 12.3. The van der Waals surface area contributed by atoms with E-state index in [4.69, 9.17) is 4.42 Å². The number of benzene rings is 1. The van der Waals surface area contributed by atoms with Gasteiger partial charge in [-0.1, -0.05) is 45.0 Å². The molecule has 6 heteroatoms. The van der Waals surface area contributed by atoms with Crippen molar-refractivity contribution >= 4 is 23.6 Å². The zero-order valence-electron chi connectivity index (χ0n) is 15.3.